The maximum Gasteiger partial charge on any atom is 0.573 e. The fraction of sp³-hybridized carbons (Fsp3) is 0.357. The highest BCUT2D eigenvalue weighted by Gasteiger charge is 2.39. The molecule has 1 aliphatic carbocycles. The molecular weight excluding hydrogens is 520 g/mol. The highest BCUT2D eigenvalue weighted by molar-refractivity contribution is 5.71. The Morgan fingerprint density at radius 1 is 0.763 bits per heavy atom. The molecule has 1 saturated carbocycles. The minimum atomic E-state index is -5.35. The van der Waals surface area contributed by atoms with Gasteiger partial charge in [-0.25, -0.2) is 13.2 Å². The van der Waals surface area contributed by atoms with Crippen molar-refractivity contribution in [1.82, 2.24) is 0 Å². The first-order valence-electron chi connectivity index (χ1n) is 12.1. The van der Waals surface area contributed by atoms with E-state index in [2.05, 4.69) is 11.7 Å². The van der Waals surface area contributed by atoms with Crippen molar-refractivity contribution in [2.24, 2.45) is 5.92 Å². The molecule has 0 spiro atoms. The van der Waals surface area contributed by atoms with Crippen LogP contribution in [0.1, 0.15) is 56.1 Å². The predicted molar refractivity (Wildman–Crippen MR) is 124 cm³/mol. The summed E-state index contributed by atoms with van der Waals surface area (Å²) in [4.78, 5) is 0. The quantitative estimate of drug-likeness (QED) is 0.276. The van der Waals surface area contributed by atoms with Crippen molar-refractivity contribution < 1.29 is 44.6 Å². The topological polar surface area (TPSA) is 18.5 Å². The molecule has 0 saturated heterocycles. The summed E-state index contributed by atoms with van der Waals surface area (Å²) in [6.45, 7) is 2.12. The summed E-state index contributed by atoms with van der Waals surface area (Å²) in [6.07, 6.45) is -4.78. The maximum absolute atomic E-state index is 15.1. The van der Waals surface area contributed by atoms with Crippen LogP contribution in [0.25, 0.3) is 11.1 Å². The molecule has 0 amide bonds. The van der Waals surface area contributed by atoms with Gasteiger partial charge in [0, 0.05) is 5.56 Å². The Bertz CT molecular complexity index is 1260. The normalized spacial score (nSPS) is 18.3. The Kier molecular flexibility index (Phi) is 7.90. The van der Waals surface area contributed by atoms with Crippen LogP contribution < -0.4 is 9.47 Å². The molecule has 0 aliphatic heterocycles. The summed E-state index contributed by atoms with van der Waals surface area (Å²) in [5, 5.41) is 0. The zero-order valence-corrected chi connectivity index (χ0v) is 20.2. The summed E-state index contributed by atoms with van der Waals surface area (Å²) in [7, 11) is 0. The van der Waals surface area contributed by atoms with Crippen molar-refractivity contribution in [3.05, 3.63) is 83.2 Å². The Hall–Kier alpha value is -3.30. The lowest BCUT2D eigenvalue weighted by atomic mass is 9.78. The van der Waals surface area contributed by atoms with E-state index in [-0.39, 0.29) is 17.0 Å². The molecule has 204 valence electrons. The lowest BCUT2D eigenvalue weighted by Gasteiger charge is -2.28. The fourth-order valence-electron chi connectivity index (χ4n) is 4.84. The number of halogens is 8. The van der Waals surface area contributed by atoms with Crippen molar-refractivity contribution >= 4 is 0 Å². The monoisotopic (exact) mass is 544 g/mol. The first kappa shape index (κ1) is 27.7. The third-order valence-corrected chi connectivity index (χ3v) is 6.85. The second-order valence-corrected chi connectivity index (χ2v) is 9.30. The summed E-state index contributed by atoms with van der Waals surface area (Å²) in [5.41, 5.74) is -1.04. The molecule has 0 radical (unpaired) electrons. The van der Waals surface area contributed by atoms with Crippen molar-refractivity contribution in [2.45, 2.75) is 57.4 Å². The van der Waals surface area contributed by atoms with Crippen LogP contribution in [0.5, 0.6) is 11.5 Å². The van der Waals surface area contributed by atoms with Gasteiger partial charge in [-0.3, -0.25) is 0 Å². The van der Waals surface area contributed by atoms with Gasteiger partial charge in [0.15, 0.2) is 11.6 Å². The molecule has 0 bridgehead atoms. The SMILES string of the molecule is CCC1CCC(c2ccc(C(F)(F)Oc3ccccc3-c3cc(F)c(OC(F)(F)F)c(F)c3)c(F)c2)CC1. The van der Waals surface area contributed by atoms with Crippen molar-refractivity contribution in [1.29, 1.82) is 0 Å². The summed E-state index contributed by atoms with van der Waals surface area (Å²) in [5.74, 6) is -6.12. The molecule has 0 atom stereocenters. The van der Waals surface area contributed by atoms with Crippen molar-refractivity contribution in [3.63, 3.8) is 0 Å². The van der Waals surface area contributed by atoms with Crippen molar-refractivity contribution in [3.8, 4) is 22.6 Å². The first-order valence-corrected chi connectivity index (χ1v) is 12.1. The molecule has 1 fully saturated rings. The van der Waals surface area contributed by atoms with Gasteiger partial charge >= 0.3 is 12.5 Å². The lowest BCUT2D eigenvalue weighted by molar-refractivity contribution is -0.276. The highest BCUT2D eigenvalue weighted by Crippen LogP contribution is 2.42. The van der Waals surface area contributed by atoms with Crippen LogP contribution in [-0.4, -0.2) is 6.36 Å². The second-order valence-electron chi connectivity index (χ2n) is 9.30. The van der Waals surface area contributed by atoms with E-state index in [1.54, 1.807) is 0 Å². The number of rotatable bonds is 7. The summed E-state index contributed by atoms with van der Waals surface area (Å²) in [6, 6.07) is 9.37. The zero-order chi connectivity index (χ0) is 27.7. The van der Waals surface area contributed by atoms with Crippen LogP contribution in [0.4, 0.5) is 35.1 Å². The molecule has 3 aromatic rings. The van der Waals surface area contributed by atoms with Gasteiger partial charge in [-0.05, 0) is 79.0 Å². The largest absolute Gasteiger partial charge is 0.573 e. The van der Waals surface area contributed by atoms with E-state index < -0.39 is 47.0 Å². The van der Waals surface area contributed by atoms with E-state index in [1.165, 1.54) is 24.3 Å². The second kappa shape index (κ2) is 10.8. The average molecular weight is 544 g/mol. The molecule has 10 heteroatoms. The standard InChI is InChI=1S/C28H24F8O2/c1-2-16-7-9-17(10-8-16)18-11-12-21(22(29)13-18)27(32,33)37-25-6-4-3-5-20(25)19-14-23(30)26(24(31)15-19)38-28(34,35)36/h3-6,11-17H,2,7-10H2,1H3. The molecule has 2 nitrogen and oxygen atoms in total. The molecule has 0 N–H and O–H groups in total. The number of alkyl halides is 5. The maximum atomic E-state index is 15.1. The van der Waals surface area contributed by atoms with Gasteiger partial charge in [0.25, 0.3) is 0 Å². The van der Waals surface area contributed by atoms with E-state index in [9.17, 15) is 26.3 Å². The highest BCUT2D eigenvalue weighted by atomic mass is 19.4. The van der Waals surface area contributed by atoms with Crippen LogP contribution in [0.3, 0.4) is 0 Å². The molecular formula is C28H24F8O2. The number of hydrogen-bond donors (Lipinski definition) is 0. The zero-order valence-electron chi connectivity index (χ0n) is 20.2. The Morgan fingerprint density at radius 3 is 1.97 bits per heavy atom. The van der Waals surface area contributed by atoms with Crippen LogP contribution in [0.15, 0.2) is 54.6 Å². The Morgan fingerprint density at radius 2 is 1.39 bits per heavy atom. The van der Waals surface area contributed by atoms with E-state index >= 15 is 8.78 Å². The lowest BCUT2D eigenvalue weighted by Crippen LogP contribution is -2.24. The van der Waals surface area contributed by atoms with Gasteiger partial charge in [0.2, 0.25) is 5.75 Å². The molecule has 0 aromatic heterocycles. The van der Waals surface area contributed by atoms with Crippen LogP contribution in [-0.2, 0) is 6.11 Å². The summed E-state index contributed by atoms with van der Waals surface area (Å²) < 4.78 is 119. The van der Waals surface area contributed by atoms with E-state index in [0.29, 0.717) is 23.6 Å². The van der Waals surface area contributed by atoms with Gasteiger partial charge in [-0.15, -0.1) is 13.2 Å². The number of para-hydroxylation sites is 1. The molecule has 1 aliphatic rings. The fourth-order valence-corrected chi connectivity index (χ4v) is 4.84. The van der Waals surface area contributed by atoms with Gasteiger partial charge in [0.05, 0.1) is 5.56 Å². The average Bonchev–Trinajstić information content (AvgIpc) is 2.85. The van der Waals surface area contributed by atoms with E-state index in [0.717, 1.165) is 50.3 Å². The van der Waals surface area contributed by atoms with Gasteiger partial charge in [-0.1, -0.05) is 37.6 Å². The first-order chi connectivity index (χ1) is 17.9. The van der Waals surface area contributed by atoms with E-state index in [4.69, 9.17) is 4.74 Å². The molecule has 0 heterocycles. The third-order valence-electron chi connectivity index (χ3n) is 6.85. The predicted octanol–water partition coefficient (Wildman–Crippen LogP) is 9.48. The van der Waals surface area contributed by atoms with Crippen LogP contribution >= 0.6 is 0 Å². The third kappa shape index (κ3) is 6.22. The Balaban J connectivity index is 1.59. The summed E-state index contributed by atoms with van der Waals surface area (Å²) >= 11 is 0. The molecule has 3 aromatic carbocycles. The van der Waals surface area contributed by atoms with Crippen LogP contribution in [0, 0.1) is 23.4 Å². The molecule has 4 rings (SSSR count). The van der Waals surface area contributed by atoms with Gasteiger partial charge < -0.3 is 9.47 Å². The number of benzene rings is 3. The van der Waals surface area contributed by atoms with Gasteiger partial charge in [-0.2, -0.15) is 8.78 Å². The smallest absolute Gasteiger partial charge is 0.428 e. The van der Waals surface area contributed by atoms with E-state index in [1.807, 2.05) is 0 Å². The van der Waals surface area contributed by atoms with Crippen molar-refractivity contribution in [2.75, 3.05) is 0 Å². The minimum absolute atomic E-state index is 0.0747. The minimum Gasteiger partial charge on any atom is -0.428 e. The molecule has 38 heavy (non-hydrogen) atoms. The number of hydrogen-bond acceptors (Lipinski definition) is 2. The molecule has 0 unspecified atom stereocenters. The number of ether oxygens (including phenoxy) is 2. The van der Waals surface area contributed by atoms with Crippen LogP contribution in [0.2, 0.25) is 0 Å². The van der Waals surface area contributed by atoms with Gasteiger partial charge in [0.1, 0.15) is 11.6 Å². The Labute approximate surface area is 214 Å².